The maximum Gasteiger partial charge on any atom is 0.225 e. The quantitative estimate of drug-likeness (QED) is 0.450. The molecule has 1 aromatic rings. The molecular weight excluding hydrogens is 350 g/mol. The van der Waals surface area contributed by atoms with Crippen LogP contribution in [0.2, 0.25) is 0 Å². The molecule has 1 amide bonds. The third-order valence-corrected chi connectivity index (χ3v) is 5.22. The van der Waals surface area contributed by atoms with E-state index in [0.29, 0.717) is 6.54 Å². The Labute approximate surface area is 168 Å². The average Bonchev–Trinajstić information content (AvgIpc) is 3.38. The molecule has 3 rings (SSSR count). The Morgan fingerprint density at radius 1 is 1.21 bits per heavy atom. The summed E-state index contributed by atoms with van der Waals surface area (Å²) in [5.41, 5.74) is 2.44. The number of nitrogens with zero attached hydrogens (tertiary/aromatic N) is 3. The minimum Gasteiger partial charge on any atom is -0.364 e. The van der Waals surface area contributed by atoms with Gasteiger partial charge in [0, 0.05) is 50.4 Å². The average molecular weight is 384 g/mol. The molecule has 2 aliphatic heterocycles. The van der Waals surface area contributed by atoms with Gasteiger partial charge < -0.3 is 20.4 Å². The Kier molecular flexibility index (Phi) is 6.95. The highest BCUT2D eigenvalue weighted by molar-refractivity contribution is 5.81. The van der Waals surface area contributed by atoms with Crippen molar-refractivity contribution in [3.63, 3.8) is 0 Å². The molecule has 0 saturated carbocycles. The molecule has 1 saturated heterocycles. The number of likely N-dealkylation sites (tertiary alicyclic amines) is 1. The van der Waals surface area contributed by atoms with Gasteiger partial charge in [-0.1, -0.05) is 38.1 Å². The zero-order valence-corrected chi connectivity index (χ0v) is 17.3. The zero-order valence-electron chi connectivity index (χ0n) is 17.3. The number of hydrogen-bond acceptors (Lipinski definition) is 3. The summed E-state index contributed by atoms with van der Waals surface area (Å²) in [6, 6.07) is 8.90. The van der Waals surface area contributed by atoms with Crippen LogP contribution in [0.5, 0.6) is 0 Å². The third kappa shape index (κ3) is 5.27. The molecule has 0 aliphatic carbocycles. The normalized spacial score (nSPS) is 19.6. The number of carbonyl (C=O) groups excluding carboxylic acids is 1. The van der Waals surface area contributed by atoms with Gasteiger partial charge in [-0.05, 0) is 31.0 Å². The van der Waals surface area contributed by atoms with Crippen molar-refractivity contribution in [3.05, 3.63) is 42.0 Å². The molecule has 0 spiro atoms. The fourth-order valence-corrected chi connectivity index (χ4v) is 3.63. The van der Waals surface area contributed by atoms with E-state index in [1.165, 1.54) is 11.3 Å². The van der Waals surface area contributed by atoms with E-state index in [9.17, 15) is 4.79 Å². The Hall–Kier alpha value is -2.50. The summed E-state index contributed by atoms with van der Waals surface area (Å²) in [5.74, 6) is 1.11. The first-order chi connectivity index (χ1) is 13.6. The molecule has 1 aromatic carbocycles. The molecule has 2 aliphatic rings. The predicted octanol–water partition coefficient (Wildman–Crippen LogP) is 2.37. The fourth-order valence-electron chi connectivity index (χ4n) is 3.63. The predicted molar refractivity (Wildman–Crippen MR) is 116 cm³/mol. The number of aliphatic imine (C=N–C) groups is 1. The van der Waals surface area contributed by atoms with Crippen molar-refractivity contribution in [1.29, 1.82) is 0 Å². The van der Waals surface area contributed by atoms with E-state index in [1.807, 2.05) is 18.7 Å². The van der Waals surface area contributed by atoms with Crippen LogP contribution in [0.1, 0.15) is 32.8 Å². The smallest absolute Gasteiger partial charge is 0.225 e. The molecule has 0 radical (unpaired) electrons. The van der Waals surface area contributed by atoms with E-state index < -0.39 is 0 Å². The molecule has 1 unspecified atom stereocenters. The molecule has 6 nitrogen and oxygen atoms in total. The van der Waals surface area contributed by atoms with Gasteiger partial charge in [0.15, 0.2) is 5.96 Å². The van der Waals surface area contributed by atoms with Crippen LogP contribution in [0.15, 0.2) is 41.4 Å². The minimum absolute atomic E-state index is 0.0555. The van der Waals surface area contributed by atoms with E-state index in [0.717, 1.165) is 45.1 Å². The second-order valence-electron chi connectivity index (χ2n) is 7.81. The summed E-state index contributed by atoms with van der Waals surface area (Å²) in [7, 11) is 0. The van der Waals surface area contributed by atoms with Gasteiger partial charge in [-0.3, -0.25) is 4.79 Å². The first-order valence-electron chi connectivity index (χ1n) is 10.4. The molecule has 152 valence electrons. The standard InChI is InChI=1S/C22H33N5O/c1-4-23-22(25-19-11-14-27(16-19)21(28)17(2)3)24-15-18-7-9-20(10-8-18)26-12-5-6-13-26/h5-10,17,19H,4,11-16H2,1-3H3,(H2,23,24,25). The lowest BCUT2D eigenvalue weighted by Crippen LogP contribution is -2.45. The Morgan fingerprint density at radius 3 is 2.57 bits per heavy atom. The van der Waals surface area contributed by atoms with Gasteiger partial charge in [0.05, 0.1) is 6.54 Å². The number of guanidine groups is 1. The number of amides is 1. The largest absolute Gasteiger partial charge is 0.364 e. The molecule has 1 fully saturated rings. The highest BCUT2D eigenvalue weighted by atomic mass is 16.2. The lowest BCUT2D eigenvalue weighted by molar-refractivity contribution is -0.133. The van der Waals surface area contributed by atoms with Gasteiger partial charge in [-0.15, -0.1) is 0 Å². The van der Waals surface area contributed by atoms with E-state index in [4.69, 9.17) is 4.99 Å². The number of anilines is 1. The topological polar surface area (TPSA) is 60.0 Å². The fraction of sp³-hybridized carbons (Fsp3) is 0.545. The van der Waals surface area contributed by atoms with Crippen LogP contribution in [0.4, 0.5) is 5.69 Å². The van der Waals surface area contributed by atoms with Gasteiger partial charge in [0.25, 0.3) is 0 Å². The van der Waals surface area contributed by atoms with Gasteiger partial charge in [0.2, 0.25) is 5.91 Å². The van der Waals surface area contributed by atoms with Crippen LogP contribution in [-0.4, -0.2) is 55.5 Å². The molecule has 1 atom stereocenters. The molecule has 0 aromatic heterocycles. The van der Waals surface area contributed by atoms with Gasteiger partial charge >= 0.3 is 0 Å². The van der Waals surface area contributed by atoms with Crippen LogP contribution in [0.3, 0.4) is 0 Å². The first kappa shape index (κ1) is 20.2. The van der Waals surface area contributed by atoms with Crippen molar-refractivity contribution in [2.45, 2.75) is 39.8 Å². The molecule has 2 heterocycles. The monoisotopic (exact) mass is 383 g/mol. The van der Waals surface area contributed by atoms with Crippen LogP contribution >= 0.6 is 0 Å². The van der Waals surface area contributed by atoms with Crippen molar-refractivity contribution in [2.24, 2.45) is 10.9 Å². The second-order valence-corrected chi connectivity index (χ2v) is 7.81. The summed E-state index contributed by atoms with van der Waals surface area (Å²) in [5, 5.41) is 6.82. The lowest BCUT2D eigenvalue weighted by Gasteiger charge is -2.20. The van der Waals surface area contributed by atoms with Crippen molar-refractivity contribution >= 4 is 17.6 Å². The van der Waals surface area contributed by atoms with Crippen molar-refractivity contribution < 1.29 is 4.79 Å². The van der Waals surface area contributed by atoms with E-state index in [-0.39, 0.29) is 17.9 Å². The molecular formula is C22H33N5O. The number of carbonyl (C=O) groups is 1. The SMILES string of the molecule is CCNC(=NCc1ccc(N2CC=CC2)cc1)NC1CCN(C(=O)C(C)C)C1. The maximum atomic E-state index is 12.2. The summed E-state index contributed by atoms with van der Waals surface area (Å²) in [6.07, 6.45) is 5.36. The Balaban J connectivity index is 1.54. The van der Waals surface area contributed by atoms with Gasteiger partial charge in [-0.25, -0.2) is 4.99 Å². The molecule has 28 heavy (non-hydrogen) atoms. The van der Waals surface area contributed by atoms with Crippen LogP contribution < -0.4 is 15.5 Å². The van der Waals surface area contributed by atoms with Crippen LogP contribution in [0.25, 0.3) is 0 Å². The highest BCUT2D eigenvalue weighted by Gasteiger charge is 2.27. The third-order valence-electron chi connectivity index (χ3n) is 5.22. The first-order valence-corrected chi connectivity index (χ1v) is 10.4. The number of rotatable bonds is 6. The van der Waals surface area contributed by atoms with Crippen LogP contribution in [-0.2, 0) is 11.3 Å². The van der Waals surface area contributed by atoms with Crippen LogP contribution in [0, 0.1) is 5.92 Å². The van der Waals surface area contributed by atoms with Gasteiger partial charge in [0.1, 0.15) is 0 Å². The Bertz CT molecular complexity index is 702. The molecule has 6 heteroatoms. The van der Waals surface area contributed by atoms with Crippen molar-refractivity contribution in [3.8, 4) is 0 Å². The minimum atomic E-state index is 0.0555. The van der Waals surface area contributed by atoms with E-state index in [1.54, 1.807) is 0 Å². The number of hydrogen-bond donors (Lipinski definition) is 2. The maximum absolute atomic E-state index is 12.2. The number of nitrogens with one attached hydrogen (secondary N) is 2. The summed E-state index contributed by atoms with van der Waals surface area (Å²) < 4.78 is 0. The highest BCUT2D eigenvalue weighted by Crippen LogP contribution is 2.18. The van der Waals surface area contributed by atoms with Crippen molar-refractivity contribution in [2.75, 3.05) is 37.6 Å². The van der Waals surface area contributed by atoms with E-state index in [2.05, 4.69) is 58.9 Å². The second kappa shape index (κ2) is 9.62. The summed E-state index contributed by atoms with van der Waals surface area (Å²) in [6.45, 7) is 11.0. The van der Waals surface area contributed by atoms with Gasteiger partial charge in [-0.2, -0.15) is 0 Å². The molecule has 0 bridgehead atoms. The summed E-state index contributed by atoms with van der Waals surface area (Å²) >= 11 is 0. The molecule has 2 N–H and O–H groups in total. The zero-order chi connectivity index (χ0) is 19.9. The number of benzene rings is 1. The van der Waals surface area contributed by atoms with Crippen molar-refractivity contribution in [1.82, 2.24) is 15.5 Å². The Morgan fingerprint density at radius 2 is 1.93 bits per heavy atom. The summed E-state index contributed by atoms with van der Waals surface area (Å²) in [4.78, 5) is 21.2. The van der Waals surface area contributed by atoms with E-state index >= 15 is 0 Å². The lowest BCUT2D eigenvalue weighted by atomic mass is 10.2.